The summed E-state index contributed by atoms with van der Waals surface area (Å²) in [4.78, 5) is 46.5. The van der Waals surface area contributed by atoms with Gasteiger partial charge in [0.15, 0.2) is 0 Å². The first-order valence-electron chi connectivity index (χ1n) is 13.2. The maximum atomic E-state index is 13.6. The zero-order chi connectivity index (χ0) is 24.8. The summed E-state index contributed by atoms with van der Waals surface area (Å²) in [5.41, 5.74) is 1.24. The second kappa shape index (κ2) is 11.8. The molecule has 4 amide bonds. The number of ether oxygens (including phenoxy) is 1. The molecule has 1 atom stereocenters. The summed E-state index contributed by atoms with van der Waals surface area (Å²) in [6, 6.07) is 8.46. The van der Waals surface area contributed by atoms with E-state index < -0.39 is 0 Å². The van der Waals surface area contributed by atoms with Gasteiger partial charge >= 0.3 is 6.03 Å². The number of aryl methyl sites for hydroxylation is 1. The minimum absolute atomic E-state index is 0.0123. The molecule has 2 saturated heterocycles. The lowest BCUT2D eigenvalue weighted by molar-refractivity contribution is -0.145. The summed E-state index contributed by atoms with van der Waals surface area (Å²) < 4.78 is 5.98. The van der Waals surface area contributed by atoms with Gasteiger partial charge in [-0.1, -0.05) is 12.1 Å². The Balaban J connectivity index is 1.46. The van der Waals surface area contributed by atoms with Crippen molar-refractivity contribution in [2.24, 2.45) is 5.92 Å². The Morgan fingerprint density at radius 1 is 0.943 bits per heavy atom. The molecule has 0 saturated carbocycles. The third-order valence-corrected chi connectivity index (χ3v) is 7.59. The molecular weight excluding hydrogens is 444 g/mol. The second-order valence-corrected chi connectivity index (χ2v) is 10.3. The first-order chi connectivity index (χ1) is 16.9. The van der Waals surface area contributed by atoms with E-state index in [4.69, 9.17) is 4.74 Å². The van der Waals surface area contributed by atoms with Crippen LogP contribution in [-0.2, 0) is 16.0 Å². The first kappa shape index (κ1) is 25.3. The minimum Gasteiger partial charge on any atom is -0.494 e. The van der Waals surface area contributed by atoms with Gasteiger partial charge in [-0.25, -0.2) is 4.79 Å². The normalized spacial score (nSPS) is 22.6. The molecule has 3 aliphatic heterocycles. The number of carbonyl (C=O) groups is 3. The SMILES string of the molecule is CN(C)C(=O)N1CCC(C(=O)N2CCCOc3cccc(c3)CCC3CCCCN3C(=O)C2)CC1. The van der Waals surface area contributed by atoms with Gasteiger partial charge in [0.2, 0.25) is 11.8 Å². The van der Waals surface area contributed by atoms with Gasteiger partial charge in [0.25, 0.3) is 0 Å². The van der Waals surface area contributed by atoms with Crippen molar-refractivity contribution in [3.8, 4) is 5.75 Å². The van der Waals surface area contributed by atoms with E-state index in [2.05, 4.69) is 12.1 Å². The van der Waals surface area contributed by atoms with Crippen LogP contribution in [0.3, 0.4) is 0 Å². The molecular formula is C27H40N4O4. The number of benzene rings is 1. The van der Waals surface area contributed by atoms with Crippen molar-refractivity contribution in [2.75, 3.05) is 53.4 Å². The van der Waals surface area contributed by atoms with Crippen LogP contribution in [0.2, 0.25) is 0 Å². The third-order valence-electron chi connectivity index (χ3n) is 7.59. The van der Waals surface area contributed by atoms with Gasteiger partial charge in [-0.3, -0.25) is 9.59 Å². The van der Waals surface area contributed by atoms with Crippen LogP contribution in [0, 0.1) is 5.92 Å². The molecule has 8 nitrogen and oxygen atoms in total. The number of carbonyl (C=O) groups excluding carboxylic acids is 3. The fraction of sp³-hybridized carbons (Fsp3) is 0.667. The molecule has 0 radical (unpaired) electrons. The van der Waals surface area contributed by atoms with Crippen LogP contribution in [0.1, 0.15) is 50.5 Å². The second-order valence-electron chi connectivity index (χ2n) is 10.3. The highest BCUT2D eigenvalue weighted by Crippen LogP contribution is 2.25. The zero-order valence-corrected chi connectivity index (χ0v) is 21.3. The summed E-state index contributed by atoms with van der Waals surface area (Å²) in [7, 11) is 3.50. The van der Waals surface area contributed by atoms with Gasteiger partial charge in [-0.05, 0) is 69.1 Å². The smallest absolute Gasteiger partial charge is 0.319 e. The van der Waals surface area contributed by atoms with E-state index in [1.807, 2.05) is 17.0 Å². The average Bonchev–Trinajstić information content (AvgIpc) is 2.88. The number of hydrogen-bond acceptors (Lipinski definition) is 4. The largest absolute Gasteiger partial charge is 0.494 e. The lowest BCUT2D eigenvalue weighted by Gasteiger charge is -2.39. The monoisotopic (exact) mass is 484 g/mol. The highest BCUT2D eigenvalue weighted by atomic mass is 16.5. The molecule has 192 valence electrons. The van der Waals surface area contributed by atoms with E-state index >= 15 is 0 Å². The molecule has 3 aliphatic rings. The lowest BCUT2D eigenvalue weighted by atomic mass is 9.94. The van der Waals surface area contributed by atoms with Crippen LogP contribution in [0.4, 0.5) is 4.79 Å². The Morgan fingerprint density at radius 3 is 2.51 bits per heavy atom. The predicted octanol–water partition coefficient (Wildman–Crippen LogP) is 3.01. The highest BCUT2D eigenvalue weighted by Gasteiger charge is 2.33. The van der Waals surface area contributed by atoms with E-state index in [1.165, 1.54) is 5.56 Å². The fourth-order valence-electron chi connectivity index (χ4n) is 5.58. The third kappa shape index (κ3) is 6.47. The molecule has 1 unspecified atom stereocenters. The molecule has 1 aromatic carbocycles. The summed E-state index contributed by atoms with van der Waals surface area (Å²) in [5.74, 6) is 0.822. The quantitative estimate of drug-likeness (QED) is 0.614. The summed E-state index contributed by atoms with van der Waals surface area (Å²) in [5, 5.41) is 0. The molecule has 8 heteroatoms. The fourth-order valence-corrected chi connectivity index (χ4v) is 5.58. The van der Waals surface area contributed by atoms with Crippen LogP contribution < -0.4 is 4.74 Å². The molecule has 35 heavy (non-hydrogen) atoms. The molecule has 2 fully saturated rings. The first-order valence-corrected chi connectivity index (χ1v) is 13.2. The predicted molar refractivity (Wildman–Crippen MR) is 134 cm³/mol. The van der Waals surface area contributed by atoms with Crippen LogP contribution in [0.15, 0.2) is 24.3 Å². The van der Waals surface area contributed by atoms with E-state index in [-0.39, 0.29) is 36.3 Å². The van der Waals surface area contributed by atoms with Crippen LogP contribution >= 0.6 is 0 Å². The Bertz CT molecular complexity index is 897. The zero-order valence-electron chi connectivity index (χ0n) is 21.3. The van der Waals surface area contributed by atoms with Crippen molar-refractivity contribution in [1.29, 1.82) is 0 Å². The van der Waals surface area contributed by atoms with E-state index in [9.17, 15) is 14.4 Å². The maximum Gasteiger partial charge on any atom is 0.319 e. The van der Waals surface area contributed by atoms with Crippen LogP contribution in [0.5, 0.6) is 5.75 Å². The number of urea groups is 1. The van der Waals surface area contributed by atoms with Crippen molar-refractivity contribution < 1.29 is 19.1 Å². The van der Waals surface area contributed by atoms with E-state index in [0.717, 1.165) is 44.4 Å². The van der Waals surface area contributed by atoms with Gasteiger partial charge in [0, 0.05) is 52.2 Å². The Kier molecular flexibility index (Phi) is 8.52. The van der Waals surface area contributed by atoms with Gasteiger partial charge in [0.05, 0.1) is 13.2 Å². The molecule has 1 aromatic rings. The Morgan fingerprint density at radius 2 is 1.74 bits per heavy atom. The number of rotatable bonds is 1. The van der Waals surface area contributed by atoms with Gasteiger partial charge in [-0.2, -0.15) is 0 Å². The number of likely N-dealkylation sites (tertiary alicyclic amines) is 1. The summed E-state index contributed by atoms with van der Waals surface area (Å²) >= 11 is 0. The minimum atomic E-state index is -0.150. The van der Waals surface area contributed by atoms with Gasteiger partial charge < -0.3 is 24.3 Å². The number of amides is 4. The number of piperidine rings is 2. The number of nitrogens with zero attached hydrogens (tertiary/aromatic N) is 4. The van der Waals surface area contributed by atoms with Crippen LogP contribution in [0.25, 0.3) is 0 Å². The number of fused-ring (bicyclic) bond motifs is 3. The topological polar surface area (TPSA) is 73.4 Å². The molecule has 4 rings (SSSR count). The van der Waals surface area contributed by atoms with Crippen molar-refractivity contribution in [1.82, 2.24) is 19.6 Å². The standard InChI is InChI=1S/C27H40N4O4/c1-28(2)27(34)29-16-12-22(13-17-29)26(33)30-14-6-18-35-24-9-5-7-21(19-24)10-11-23-8-3-4-15-31(23)25(32)20-30/h5,7,9,19,22-23H,3-4,6,8,10-18,20H2,1-2H3. The summed E-state index contributed by atoms with van der Waals surface area (Å²) in [6.45, 7) is 3.06. The van der Waals surface area contributed by atoms with Crippen molar-refractivity contribution in [3.63, 3.8) is 0 Å². The van der Waals surface area contributed by atoms with Gasteiger partial charge in [0.1, 0.15) is 5.75 Å². The molecule has 2 bridgehead atoms. The molecule has 0 aromatic heterocycles. The highest BCUT2D eigenvalue weighted by molar-refractivity contribution is 5.86. The number of hydrogen-bond donors (Lipinski definition) is 0. The van der Waals surface area contributed by atoms with Crippen molar-refractivity contribution in [3.05, 3.63) is 29.8 Å². The maximum absolute atomic E-state index is 13.6. The molecule has 3 heterocycles. The lowest BCUT2D eigenvalue weighted by Crippen LogP contribution is -2.51. The van der Waals surface area contributed by atoms with E-state index in [1.54, 1.807) is 28.8 Å². The summed E-state index contributed by atoms with van der Waals surface area (Å²) in [6.07, 6.45) is 6.98. The Hall–Kier alpha value is -2.77. The van der Waals surface area contributed by atoms with Crippen molar-refractivity contribution in [2.45, 2.75) is 57.4 Å². The molecule has 0 N–H and O–H groups in total. The van der Waals surface area contributed by atoms with E-state index in [0.29, 0.717) is 45.5 Å². The average molecular weight is 485 g/mol. The molecule has 0 aliphatic carbocycles. The van der Waals surface area contributed by atoms with Crippen LogP contribution in [-0.4, -0.2) is 96.9 Å². The molecule has 0 spiro atoms. The Labute approximate surface area is 209 Å². The van der Waals surface area contributed by atoms with Crippen molar-refractivity contribution >= 4 is 17.8 Å². The van der Waals surface area contributed by atoms with Gasteiger partial charge in [-0.15, -0.1) is 0 Å².